The van der Waals surface area contributed by atoms with Crippen LogP contribution in [0, 0.1) is 6.92 Å². The zero-order valence-electron chi connectivity index (χ0n) is 19.3. The van der Waals surface area contributed by atoms with Crippen molar-refractivity contribution in [1.29, 1.82) is 0 Å². The first kappa shape index (κ1) is 24.8. The number of carboxylic acids is 1. The summed E-state index contributed by atoms with van der Waals surface area (Å²) in [4.78, 5) is 23.4. The van der Waals surface area contributed by atoms with E-state index in [9.17, 15) is 9.59 Å². The van der Waals surface area contributed by atoms with Crippen LogP contribution in [-0.4, -0.2) is 34.7 Å². The number of carboxylic acid groups (broad SMARTS) is 1. The van der Waals surface area contributed by atoms with E-state index in [1.54, 1.807) is 0 Å². The lowest BCUT2D eigenvalue weighted by Gasteiger charge is -2.10. The van der Waals surface area contributed by atoms with Gasteiger partial charge in [-0.2, -0.15) is 0 Å². The van der Waals surface area contributed by atoms with E-state index in [-0.39, 0.29) is 12.3 Å². The molecule has 0 saturated carbocycles. The molecule has 2 rings (SSSR count). The van der Waals surface area contributed by atoms with Gasteiger partial charge in [-0.25, -0.2) is 0 Å². The maximum Gasteiger partial charge on any atom is 0.303 e. The molecule has 0 aliphatic heterocycles. The van der Waals surface area contributed by atoms with Gasteiger partial charge in [0.25, 0.3) is 5.91 Å². The summed E-state index contributed by atoms with van der Waals surface area (Å²) in [6, 6.07) is 6.03. The molecular formula is C25H38N2O4. The smallest absolute Gasteiger partial charge is 0.303 e. The predicted molar refractivity (Wildman–Crippen MR) is 125 cm³/mol. The molecule has 6 nitrogen and oxygen atoms in total. The van der Waals surface area contributed by atoms with Gasteiger partial charge in [0.05, 0.1) is 6.61 Å². The number of amides is 1. The SMILES string of the molecule is CCOc1ccc2c(c1)c(C)c(C(=O)NCCCCCCCCCCC(=O)O)n2CC. The van der Waals surface area contributed by atoms with Gasteiger partial charge >= 0.3 is 5.97 Å². The van der Waals surface area contributed by atoms with Crippen molar-refractivity contribution in [3.63, 3.8) is 0 Å². The second-order valence-corrected chi connectivity index (χ2v) is 8.06. The molecular weight excluding hydrogens is 392 g/mol. The Kier molecular flexibility index (Phi) is 10.4. The topological polar surface area (TPSA) is 80.6 Å². The Morgan fingerprint density at radius 1 is 1.00 bits per heavy atom. The van der Waals surface area contributed by atoms with Crippen LogP contribution < -0.4 is 10.1 Å². The highest BCUT2D eigenvalue weighted by molar-refractivity contribution is 6.02. The number of aromatic nitrogens is 1. The molecule has 0 radical (unpaired) electrons. The molecule has 0 fully saturated rings. The fraction of sp³-hybridized carbons (Fsp3) is 0.600. The summed E-state index contributed by atoms with van der Waals surface area (Å²) in [5.74, 6) is 0.124. The number of benzene rings is 1. The average molecular weight is 431 g/mol. The fourth-order valence-corrected chi connectivity index (χ4v) is 4.13. The molecule has 2 N–H and O–H groups in total. The van der Waals surface area contributed by atoms with Crippen LogP contribution in [0.2, 0.25) is 0 Å². The van der Waals surface area contributed by atoms with E-state index < -0.39 is 5.97 Å². The third-order valence-corrected chi connectivity index (χ3v) is 5.73. The Morgan fingerprint density at radius 2 is 1.65 bits per heavy atom. The van der Waals surface area contributed by atoms with Crippen LogP contribution in [0.15, 0.2) is 18.2 Å². The molecule has 1 aromatic carbocycles. The second-order valence-electron chi connectivity index (χ2n) is 8.06. The van der Waals surface area contributed by atoms with E-state index in [0.717, 1.165) is 79.4 Å². The van der Waals surface area contributed by atoms with Crippen molar-refractivity contribution in [2.75, 3.05) is 13.2 Å². The van der Waals surface area contributed by atoms with Gasteiger partial charge in [-0.3, -0.25) is 9.59 Å². The molecule has 1 aromatic heterocycles. The van der Waals surface area contributed by atoms with Crippen LogP contribution in [0.4, 0.5) is 0 Å². The quantitative estimate of drug-likeness (QED) is 0.356. The number of unbranched alkanes of at least 4 members (excludes halogenated alkanes) is 7. The number of nitrogens with zero attached hydrogens (tertiary/aromatic N) is 1. The minimum absolute atomic E-state index is 0.00746. The third-order valence-electron chi connectivity index (χ3n) is 5.73. The van der Waals surface area contributed by atoms with Gasteiger partial charge in [-0.05, 0) is 57.4 Å². The number of rotatable bonds is 15. The molecule has 0 unspecified atom stereocenters. The zero-order valence-corrected chi connectivity index (χ0v) is 19.3. The number of aliphatic carboxylic acids is 1. The molecule has 2 aromatic rings. The molecule has 0 bridgehead atoms. The van der Waals surface area contributed by atoms with Gasteiger partial charge in [0, 0.05) is 30.4 Å². The number of fused-ring (bicyclic) bond motifs is 1. The van der Waals surface area contributed by atoms with Crippen molar-refractivity contribution >= 4 is 22.8 Å². The van der Waals surface area contributed by atoms with Crippen LogP contribution in [-0.2, 0) is 11.3 Å². The Balaban J connectivity index is 1.77. The van der Waals surface area contributed by atoms with Gasteiger partial charge in [-0.15, -0.1) is 0 Å². The Labute approximate surface area is 186 Å². The lowest BCUT2D eigenvalue weighted by Crippen LogP contribution is -2.27. The summed E-state index contributed by atoms with van der Waals surface area (Å²) >= 11 is 0. The van der Waals surface area contributed by atoms with Crippen LogP contribution >= 0.6 is 0 Å². The first-order valence-electron chi connectivity index (χ1n) is 11.7. The number of hydrogen-bond acceptors (Lipinski definition) is 3. The van der Waals surface area contributed by atoms with E-state index in [2.05, 4.69) is 16.8 Å². The van der Waals surface area contributed by atoms with Crippen LogP contribution in [0.1, 0.15) is 87.7 Å². The van der Waals surface area contributed by atoms with E-state index in [1.807, 2.05) is 32.0 Å². The van der Waals surface area contributed by atoms with E-state index in [4.69, 9.17) is 9.84 Å². The predicted octanol–water partition coefficient (Wildman–Crippen LogP) is 5.69. The molecule has 31 heavy (non-hydrogen) atoms. The minimum atomic E-state index is -0.702. The first-order chi connectivity index (χ1) is 15.0. The molecule has 0 atom stereocenters. The molecule has 172 valence electrons. The largest absolute Gasteiger partial charge is 0.494 e. The summed E-state index contributed by atoms with van der Waals surface area (Å²) in [5, 5.41) is 12.8. The van der Waals surface area contributed by atoms with Crippen LogP contribution in [0.25, 0.3) is 10.9 Å². The van der Waals surface area contributed by atoms with Crippen molar-refractivity contribution in [2.24, 2.45) is 0 Å². The number of carbonyl (C=O) groups is 2. The maximum absolute atomic E-state index is 12.9. The van der Waals surface area contributed by atoms with Crippen molar-refractivity contribution in [1.82, 2.24) is 9.88 Å². The standard InChI is InChI=1S/C25H38N2O4/c1-4-27-22-16-15-20(31-5-2)18-21(22)19(3)24(27)25(30)26-17-13-11-9-7-6-8-10-12-14-23(28)29/h15-16,18H,4-14,17H2,1-3H3,(H,26,30)(H,28,29). The molecule has 0 saturated heterocycles. The number of hydrogen-bond donors (Lipinski definition) is 2. The van der Waals surface area contributed by atoms with Gasteiger partial charge in [0.2, 0.25) is 0 Å². The molecule has 0 spiro atoms. The van der Waals surface area contributed by atoms with E-state index in [1.165, 1.54) is 6.42 Å². The Hall–Kier alpha value is -2.50. The van der Waals surface area contributed by atoms with Crippen LogP contribution in [0.3, 0.4) is 0 Å². The number of nitrogens with one attached hydrogen (secondary N) is 1. The number of aryl methyl sites for hydroxylation is 2. The van der Waals surface area contributed by atoms with Crippen molar-refractivity contribution in [2.45, 2.75) is 85.1 Å². The van der Waals surface area contributed by atoms with E-state index >= 15 is 0 Å². The Bertz CT molecular complexity index is 857. The normalized spacial score (nSPS) is 11.1. The Morgan fingerprint density at radius 3 is 2.26 bits per heavy atom. The second kappa shape index (κ2) is 13.0. The minimum Gasteiger partial charge on any atom is -0.494 e. The first-order valence-corrected chi connectivity index (χ1v) is 11.7. The highest BCUT2D eigenvalue weighted by Crippen LogP contribution is 2.29. The average Bonchev–Trinajstić information content (AvgIpc) is 3.03. The lowest BCUT2D eigenvalue weighted by molar-refractivity contribution is -0.137. The highest BCUT2D eigenvalue weighted by Gasteiger charge is 2.19. The van der Waals surface area contributed by atoms with Crippen molar-refractivity contribution in [3.8, 4) is 5.75 Å². The fourth-order valence-electron chi connectivity index (χ4n) is 4.13. The van der Waals surface area contributed by atoms with Gasteiger partial charge in [0.1, 0.15) is 11.4 Å². The van der Waals surface area contributed by atoms with E-state index in [0.29, 0.717) is 13.2 Å². The molecule has 0 aliphatic carbocycles. The summed E-state index contributed by atoms with van der Waals surface area (Å²) in [6.45, 7) is 8.09. The monoisotopic (exact) mass is 430 g/mol. The van der Waals surface area contributed by atoms with Gasteiger partial charge in [-0.1, -0.05) is 38.5 Å². The van der Waals surface area contributed by atoms with Gasteiger partial charge < -0.3 is 19.7 Å². The molecule has 0 aliphatic rings. The van der Waals surface area contributed by atoms with Crippen molar-refractivity contribution in [3.05, 3.63) is 29.5 Å². The molecule has 6 heteroatoms. The summed E-state index contributed by atoms with van der Waals surface area (Å²) in [6.07, 6.45) is 8.73. The maximum atomic E-state index is 12.9. The lowest BCUT2D eigenvalue weighted by atomic mass is 10.1. The number of ether oxygens (including phenoxy) is 1. The van der Waals surface area contributed by atoms with Crippen molar-refractivity contribution < 1.29 is 19.4 Å². The summed E-state index contributed by atoms with van der Waals surface area (Å²) in [7, 11) is 0. The highest BCUT2D eigenvalue weighted by atomic mass is 16.5. The summed E-state index contributed by atoms with van der Waals surface area (Å²) < 4.78 is 7.71. The van der Waals surface area contributed by atoms with Crippen LogP contribution in [0.5, 0.6) is 5.75 Å². The summed E-state index contributed by atoms with van der Waals surface area (Å²) in [5.41, 5.74) is 2.81. The van der Waals surface area contributed by atoms with Gasteiger partial charge in [0.15, 0.2) is 0 Å². The molecule has 1 heterocycles. The number of carbonyl (C=O) groups excluding carboxylic acids is 1. The third kappa shape index (κ3) is 7.30. The zero-order chi connectivity index (χ0) is 22.6. The molecule has 1 amide bonds.